The van der Waals surface area contributed by atoms with E-state index in [0.29, 0.717) is 28.2 Å². The van der Waals surface area contributed by atoms with Gasteiger partial charge in [0.1, 0.15) is 11.0 Å². The summed E-state index contributed by atoms with van der Waals surface area (Å²) in [5, 5.41) is 4.01. The lowest BCUT2D eigenvalue weighted by atomic mass is 10.1. The number of amides is 1. The molecule has 0 spiro atoms. The molecule has 6 nitrogen and oxygen atoms in total. The van der Waals surface area contributed by atoms with Crippen LogP contribution in [0.1, 0.15) is 34.5 Å². The van der Waals surface area contributed by atoms with E-state index in [4.69, 9.17) is 11.6 Å². The summed E-state index contributed by atoms with van der Waals surface area (Å²) in [4.78, 5) is 28.0. The maximum Gasteiger partial charge on any atom is 0.251 e. The Balaban J connectivity index is 1.38. The topological polar surface area (TPSA) is 71.0 Å². The van der Waals surface area contributed by atoms with E-state index >= 15 is 0 Å². The Bertz CT molecular complexity index is 1010. The zero-order chi connectivity index (χ0) is 20.8. The number of pyridine rings is 1. The van der Waals surface area contributed by atoms with Crippen molar-refractivity contribution in [2.45, 2.75) is 30.3 Å². The van der Waals surface area contributed by atoms with Crippen LogP contribution < -0.4 is 10.2 Å². The van der Waals surface area contributed by atoms with Gasteiger partial charge in [-0.15, -0.1) is 0 Å². The smallest absolute Gasteiger partial charge is 0.251 e. The number of halogens is 1. The molecule has 1 aliphatic rings. The number of thioether (sulfide) groups is 1. The van der Waals surface area contributed by atoms with Gasteiger partial charge in [-0.25, -0.2) is 9.97 Å². The summed E-state index contributed by atoms with van der Waals surface area (Å²) in [5.41, 5.74) is 2.47. The molecule has 0 atom stereocenters. The van der Waals surface area contributed by atoms with Gasteiger partial charge in [0.05, 0.1) is 12.2 Å². The second kappa shape index (κ2) is 9.91. The Morgan fingerprint density at radius 3 is 2.77 bits per heavy atom. The predicted octanol–water partition coefficient (Wildman–Crippen LogP) is 4.35. The van der Waals surface area contributed by atoms with Crippen LogP contribution in [0.15, 0.2) is 59.9 Å². The fourth-order valence-electron chi connectivity index (χ4n) is 3.28. The van der Waals surface area contributed by atoms with Crippen molar-refractivity contribution in [1.82, 2.24) is 20.3 Å². The highest BCUT2D eigenvalue weighted by atomic mass is 35.5. The first kappa shape index (κ1) is 20.6. The molecule has 1 N–H and O–H groups in total. The van der Waals surface area contributed by atoms with Crippen molar-refractivity contribution in [3.05, 3.63) is 76.7 Å². The van der Waals surface area contributed by atoms with E-state index in [1.54, 1.807) is 6.20 Å². The third kappa shape index (κ3) is 5.49. The van der Waals surface area contributed by atoms with Crippen LogP contribution >= 0.6 is 23.4 Å². The number of anilines is 1. The van der Waals surface area contributed by atoms with Gasteiger partial charge < -0.3 is 10.2 Å². The normalized spacial score (nSPS) is 13.4. The van der Waals surface area contributed by atoms with E-state index in [-0.39, 0.29) is 5.91 Å². The van der Waals surface area contributed by atoms with Crippen molar-refractivity contribution in [3.8, 4) is 0 Å². The Morgan fingerprint density at radius 1 is 1.10 bits per heavy atom. The standard InChI is InChI=1S/C22H22ClN5OS/c23-19-13-20(28-10-3-4-11-28)27-22(26-19)30-15-16-6-5-7-17(12-16)21(29)25-14-18-8-1-2-9-24-18/h1-2,5-9,12-13H,3-4,10-11,14-15H2,(H,25,29). The number of aromatic nitrogens is 3. The minimum atomic E-state index is -0.122. The molecule has 154 valence electrons. The van der Waals surface area contributed by atoms with Crippen LogP contribution in [0.5, 0.6) is 0 Å². The molecule has 1 aromatic carbocycles. The van der Waals surface area contributed by atoms with Gasteiger partial charge in [-0.1, -0.05) is 41.6 Å². The molecule has 1 aliphatic heterocycles. The minimum absolute atomic E-state index is 0.122. The summed E-state index contributed by atoms with van der Waals surface area (Å²) < 4.78 is 0. The summed E-state index contributed by atoms with van der Waals surface area (Å²) in [5.74, 6) is 1.42. The molecular formula is C22H22ClN5OS. The number of rotatable bonds is 7. The largest absolute Gasteiger partial charge is 0.356 e. The first-order chi connectivity index (χ1) is 14.7. The van der Waals surface area contributed by atoms with Gasteiger partial charge in [0, 0.05) is 36.7 Å². The molecule has 4 rings (SSSR count). The molecule has 2 aromatic heterocycles. The zero-order valence-electron chi connectivity index (χ0n) is 16.4. The van der Waals surface area contributed by atoms with Crippen LogP contribution in [0.2, 0.25) is 5.15 Å². The van der Waals surface area contributed by atoms with Gasteiger partial charge in [0.15, 0.2) is 5.16 Å². The molecule has 0 radical (unpaired) electrons. The van der Waals surface area contributed by atoms with Gasteiger partial charge in [-0.3, -0.25) is 9.78 Å². The number of nitrogens with one attached hydrogen (secondary N) is 1. The third-order valence-electron chi connectivity index (χ3n) is 4.80. The number of carbonyl (C=O) groups excluding carboxylic acids is 1. The second-order valence-corrected chi connectivity index (χ2v) is 8.35. The van der Waals surface area contributed by atoms with Gasteiger partial charge in [0.2, 0.25) is 0 Å². The van der Waals surface area contributed by atoms with E-state index in [2.05, 4.69) is 25.2 Å². The van der Waals surface area contributed by atoms with Gasteiger partial charge in [-0.05, 0) is 42.7 Å². The SMILES string of the molecule is O=C(NCc1ccccn1)c1cccc(CSc2nc(Cl)cc(N3CCCC3)n2)c1. The summed E-state index contributed by atoms with van der Waals surface area (Å²) in [7, 11) is 0. The van der Waals surface area contributed by atoms with Crippen LogP contribution in [0.3, 0.4) is 0 Å². The van der Waals surface area contributed by atoms with Crippen LogP contribution in [0.25, 0.3) is 0 Å². The molecule has 0 bridgehead atoms. The molecule has 0 aliphatic carbocycles. The maximum absolute atomic E-state index is 12.5. The number of hydrogen-bond acceptors (Lipinski definition) is 6. The monoisotopic (exact) mass is 439 g/mol. The quantitative estimate of drug-likeness (QED) is 0.335. The molecule has 1 amide bonds. The first-order valence-corrected chi connectivity index (χ1v) is 11.2. The molecule has 0 saturated carbocycles. The zero-order valence-corrected chi connectivity index (χ0v) is 18.0. The molecule has 3 heterocycles. The average Bonchev–Trinajstić information content (AvgIpc) is 3.32. The van der Waals surface area contributed by atoms with Crippen LogP contribution in [-0.2, 0) is 12.3 Å². The van der Waals surface area contributed by atoms with E-state index in [1.165, 1.54) is 24.6 Å². The number of hydrogen-bond donors (Lipinski definition) is 1. The van der Waals surface area contributed by atoms with Crippen LogP contribution in [0.4, 0.5) is 5.82 Å². The molecular weight excluding hydrogens is 418 g/mol. The number of nitrogens with zero attached hydrogens (tertiary/aromatic N) is 4. The fourth-order valence-corrected chi connectivity index (χ4v) is 4.31. The lowest BCUT2D eigenvalue weighted by Gasteiger charge is -2.16. The highest BCUT2D eigenvalue weighted by Crippen LogP contribution is 2.26. The van der Waals surface area contributed by atoms with Crippen LogP contribution in [-0.4, -0.2) is 33.9 Å². The van der Waals surface area contributed by atoms with Crippen molar-refractivity contribution in [3.63, 3.8) is 0 Å². The van der Waals surface area contributed by atoms with Crippen molar-refractivity contribution >= 4 is 35.1 Å². The van der Waals surface area contributed by atoms with Crippen LogP contribution in [0, 0.1) is 0 Å². The van der Waals surface area contributed by atoms with Crippen molar-refractivity contribution in [2.75, 3.05) is 18.0 Å². The van der Waals surface area contributed by atoms with E-state index < -0.39 is 0 Å². The molecule has 8 heteroatoms. The number of carbonyl (C=O) groups is 1. The lowest BCUT2D eigenvalue weighted by Crippen LogP contribution is -2.23. The highest BCUT2D eigenvalue weighted by molar-refractivity contribution is 7.98. The van der Waals surface area contributed by atoms with Crippen molar-refractivity contribution < 1.29 is 4.79 Å². The molecule has 0 unspecified atom stereocenters. The first-order valence-electron chi connectivity index (χ1n) is 9.87. The molecule has 1 fully saturated rings. The van der Waals surface area contributed by atoms with Crippen molar-refractivity contribution in [2.24, 2.45) is 0 Å². The second-order valence-electron chi connectivity index (χ2n) is 7.02. The summed E-state index contributed by atoms with van der Waals surface area (Å²) >= 11 is 7.73. The Kier molecular flexibility index (Phi) is 6.81. The lowest BCUT2D eigenvalue weighted by molar-refractivity contribution is 0.0950. The average molecular weight is 440 g/mol. The molecule has 3 aromatic rings. The Labute approximate surface area is 185 Å². The highest BCUT2D eigenvalue weighted by Gasteiger charge is 2.16. The third-order valence-corrected chi connectivity index (χ3v) is 5.92. The van der Waals surface area contributed by atoms with Gasteiger partial charge >= 0.3 is 0 Å². The Morgan fingerprint density at radius 2 is 1.97 bits per heavy atom. The maximum atomic E-state index is 12.5. The summed E-state index contributed by atoms with van der Waals surface area (Å²) in [6.07, 6.45) is 4.07. The molecule has 30 heavy (non-hydrogen) atoms. The van der Waals surface area contributed by atoms with Gasteiger partial charge in [-0.2, -0.15) is 0 Å². The van der Waals surface area contributed by atoms with E-state index in [0.717, 1.165) is 30.2 Å². The van der Waals surface area contributed by atoms with Crippen molar-refractivity contribution in [1.29, 1.82) is 0 Å². The Hall–Kier alpha value is -2.64. The summed E-state index contributed by atoms with van der Waals surface area (Å²) in [6.45, 7) is 2.41. The predicted molar refractivity (Wildman–Crippen MR) is 120 cm³/mol. The summed E-state index contributed by atoms with van der Waals surface area (Å²) in [6, 6.07) is 15.0. The fraction of sp³-hybridized carbons (Fsp3) is 0.273. The minimum Gasteiger partial charge on any atom is -0.356 e. The van der Waals surface area contributed by atoms with E-state index in [1.807, 2.05) is 48.5 Å². The molecule has 1 saturated heterocycles. The van der Waals surface area contributed by atoms with Gasteiger partial charge in [0.25, 0.3) is 5.91 Å². The van der Waals surface area contributed by atoms with E-state index in [9.17, 15) is 4.79 Å². The number of benzene rings is 1.